The molecule has 2 aromatic carbocycles. The average molecular weight is 408 g/mol. The minimum atomic E-state index is -0.685. The van der Waals surface area contributed by atoms with Crippen molar-refractivity contribution in [3.05, 3.63) is 77.0 Å². The Bertz CT molecular complexity index is 825. The van der Waals surface area contributed by atoms with Crippen LogP contribution < -0.4 is 0 Å². The summed E-state index contributed by atoms with van der Waals surface area (Å²) in [6, 6.07) is 17.0. The summed E-state index contributed by atoms with van der Waals surface area (Å²) in [6.45, 7) is 7.22. The summed E-state index contributed by atoms with van der Waals surface area (Å²) in [4.78, 5) is 13.5. The van der Waals surface area contributed by atoms with Crippen molar-refractivity contribution >= 4 is 11.5 Å². The van der Waals surface area contributed by atoms with E-state index in [1.54, 1.807) is 0 Å². The topological polar surface area (TPSA) is 49.8 Å². The number of piperidine rings is 1. The van der Waals surface area contributed by atoms with E-state index in [1.807, 2.05) is 6.26 Å². The fourth-order valence-electron chi connectivity index (χ4n) is 4.24. The number of hydrogen-bond donors (Lipinski definition) is 1. The molecule has 0 spiro atoms. The maximum Gasteiger partial charge on any atom is 0.307 e. The van der Waals surface area contributed by atoms with Gasteiger partial charge in [0.05, 0.1) is 12.2 Å². The standard InChI is InChI=1S/C26H33NO3/c1-3-20-10-5-7-13-23(20)25(24-14-8-6-11-21(24)4-2)19-30-17-16-27-15-9-12-22(18-27)26(28)29/h5-8,10-11,13-14,19,22H,3-4,9,12,15-18H2,1-2H3,(H,28,29). The van der Waals surface area contributed by atoms with Gasteiger partial charge in [0.15, 0.2) is 0 Å². The second-order valence-corrected chi connectivity index (χ2v) is 7.90. The molecule has 0 aromatic heterocycles. The fourth-order valence-corrected chi connectivity index (χ4v) is 4.24. The first-order valence-corrected chi connectivity index (χ1v) is 11.1. The van der Waals surface area contributed by atoms with Gasteiger partial charge in [-0.15, -0.1) is 0 Å². The third kappa shape index (κ3) is 5.51. The number of rotatable bonds is 9. The summed E-state index contributed by atoms with van der Waals surface area (Å²) in [5.74, 6) is -0.937. The van der Waals surface area contributed by atoms with Gasteiger partial charge in [0.2, 0.25) is 0 Å². The molecule has 160 valence electrons. The Kier molecular flexibility index (Phi) is 8.09. The number of nitrogens with zero attached hydrogens (tertiary/aromatic N) is 1. The highest BCUT2D eigenvalue weighted by Crippen LogP contribution is 2.29. The van der Waals surface area contributed by atoms with Crippen LogP contribution >= 0.6 is 0 Å². The molecule has 1 aliphatic rings. The fraction of sp³-hybridized carbons (Fsp3) is 0.423. The molecule has 1 N–H and O–H groups in total. The van der Waals surface area contributed by atoms with E-state index >= 15 is 0 Å². The first-order valence-electron chi connectivity index (χ1n) is 11.1. The number of aliphatic carboxylic acids is 1. The van der Waals surface area contributed by atoms with E-state index in [0.717, 1.165) is 44.3 Å². The first kappa shape index (κ1) is 22.1. The molecular weight excluding hydrogens is 374 g/mol. The highest BCUT2D eigenvalue weighted by atomic mass is 16.5. The quantitative estimate of drug-likeness (QED) is 0.469. The van der Waals surface area contributed by atoms with Gasteiger partial charge in [0, 0.05) is 18.7 Å². The molecule has 1 saturated heterocycles. The van der Waals surface area contributed by atoms with Crippen molar-refractivity contribution in [3.8, 4) is 0 Å². The summed E-state index contributed by atoms with van der Waals surface area (Å²) in [7, 11) is 0. The van der Waals surface area contributed by atoms with Gasteiger partial charge in [-0.3, -0.25) is 9.69 Å². The third-order valence-corrected chi connectivity index (χ3v) is 5.96. The van der Waals surface area contributed by atoms with E-state index < -0.39 is 5.97 Å². The number of aryl methyl sites for hydroxylation is 2. The van der Waals surface area contributed by atoms with Crippen molar-refractivity contribution in [3.63, 3.8) is 0 Å². The predicted molar refractivity (Wildman–Crippen MR) is 121 cm³/mol. The van der Waals surface area contributed by atoms with Gasteiger partial charge < -0.3 is 9.84 Å². The molecular formula is C26H33NO3. The molecule has 2 aromatic rings. The number of benzene rings is 2. The smallest absolute Gasteiger partial charge is 0.307 e. The van der Waals surface area contributed by atoms with E-state index in [1.165, 1.54) is 22.3 Å². The zero-order valence-electron chi connectivity index (χ0n) is 18.1. The normalized spacial score (nSPS) is 16.8. The molecule has 1 atom stereocenters. The molecule has 1 heterocycles. The number of carboxylic acids is 1. The highest BCUT2D eigenvalue weighted by Gasteiger charge is 2.25. The number of ether oxygens (including phenoxy) is 1. The Labute approximate surface area is 180 Å². The molecule has 30 heavy (non-hydrogen) atoms. The molecule has 0 radical (unpaired) electrons. The summed E-state index contributed by atoms with van der Waals surface area (Å²) in [5.41, 5.74) is 6.15. The summed E-state index contributed by atoms with van der Waals surface area (Å²) >= 11 is 0. The van der Waals surface area contributed by atoms with E-state index in [0.29, 0.717) is 13.2 Å². The largest absolute Gasteiger partial charge is 0.499 e. The van der Waals surface area contributed by atoms with Crippen LogP contribution in [0.15, 0.2) is 54.8 Å². The van der Waals surface area contributed by atoms with Crippen molar-refractivity contribution < 1.29 is 14.6 Å². The maximum absolute atomic E-state index is 11.3. The van der Waals surface area contributed by atoms with Gasteiger partial charge in [0.1, 0.15) is 6.61 Å². The number of carbonyl (C=O) groups is 1. The van der Waals surface area contributed by atoms with Crippen molar-refractivity contribution in [2.75, 3.05) is 26.2 Å². The second-order valence-electron chi connectivity index (χ2n) is 7.90. The van der Waals surface area contributed by atoms with Crippen molar-refractivity contribution in [2.45, 2.75) is 39.5 Å². The Morgan fingerprint density at radius 2 is 1.67 bits per heavy atom. The molecule has 0 bridgehead atoms. The molecule has 3 rings (SSSR count). The number of hydrogen-bond acceptors (Lipinski definition) is 3. The highest BCUT2D eigenvalue weighted by molar-refractivity contribution is 5.82. The Morgan fingerprint density at radius 3 is 2.23 bits per heavy atom. The summed E-state index contributed by atoms with van der Waals surface area (Å²) in [5, 5.41) is 9.28. The predicted octanol–water partition coefficient (Wildman–Crippen LogP) is 5.01. The Hall–Kier alpha value is -2.59. The van der Waals surface area contributed by atoms with Crippen LogP contribution in [0, 0.1) is 5.92 Å². The molecule has 1 aliphatic heterocycles. The molecule has 1 unspecified atom stereocenters. The van der Waals surface area contributed by atoms with Crippen molar-refractivity contribution in [2.24, 2.45) is 5.92 Å². The average Bonchev–Trinajstić information content (AvgIpc) is 2.79. The van der Waals surface area contributed by atoms with Gasteiger partial charge >= 0.3 is 5.97 Å². The zero-order chi connectivity index (χ0) is 21.3. The van der Waals surface area contributed by atoms with Crippen LogP contribution in [0.4, 0.5) is 0 Å². The Morgan fingerprint density at radius 1 is 1.07 bits per heavy atom. The van der Waals surface area contributed by atoms with Crippen LogP contribution in [-0.2, 0) is 22.4 Å². The van der Waals surface area contributed by atoms with Gasteiger partial charge in [-0.05, 0) is 54.5 Å². The second kappa shape index (κ2) is 11.0. The molecule has 4 heteroatoms. The van der Waals surface area contributed by atoms with Crippen molar-refractivity contribution in [1.29, 1.82) is 0 Å². The zero-order valence-corrected chi connectivity index (χ0v) is 18.1. The van der Waals surface area contributed by atoms with Crippen LogP contribution in [0.5, 0.6) is 0 Å². The lowest BCUT2D eigenvalue weighted by atomic mass is 9.90. The van der Waals surface area contributed by atoms with Crippen LogP contribution in [-0.4, -0.2) is 42.2 Å². The van der Waals surface area contributed by atoms with Gasteiger partial charge in [-0.1, -0.05) is 62.4 Å². The summed E-state index contributed by atoms with van der Waals surface area (Å²) in [6.07, 6.45) is 5.55. The molecule has 0 amide bonds. The SMILES string of the molecule is CCc1ccccc1C(=COCCN1CCCC(C(=O)O)C1)c1ccccc1CC. The molecule has 1 fully saturated rings. The van der Waals surface area contributed by atoms with Crippen LogP contribution in [0.25, 0.3) is 5.57 Å². The minimum absolute atomic E-state index is 0.252. The van der Waals surface area contributed by atoms with E-state index in [4.69, 9.17) is 4.74 Å². The van der Waals surface area contributed by atoms with E-state index in [9.17, 15) is 9.90 Å². The first-order chi connectivity index (χ1) is 14.6. The van der Waals surface area contributed by atoms with Crippen LogP contribution in [0.3, 0.4) is 0 Å². The Balaban J connectivity index is 1.77. The van der Waals surface area contributed by atoms with Crippen LogP contribution in [0.1, 0.15) is 48.9 Å². The lowest BCUT2D eigenvalue weighted by Crippen LogP contribution is -2.40. The number of likely N-dealkylation sites (tertiary alicyclic amines) is 1. The van der Waals surface area contributed by atoms with Gasteiger partial charge in [0.25, 0.3) is 0 Å². The maximum atomic E-state index is 11.3. The van der Waals surface area contributed by atoms with E-state index in [-0.39, 0.29) is 5.92 Å². The monoisotopic (exact) mass is 407 g/mol. The molecule has 0 aliphatic carbocycles. The third-order valence-electron chi connectivity index (χ3n) is 5.96. The molecule has 4 nitrogen and oxygen atoms in total. The lowest BCUT2D eigenvalue weighted by Gasteiger charge is -2.30. The lowest BCUT2D eigenvalue weighted by molar-refractivity contribution is -0.143. The van der Waals surface area contributed by atoms with Crippen molar-refractivity contribution in [1.82, 2.24) is 4.90 Å². The molecule has 0 saturated carbocycles. The minimum Gasteiger partial charge on any atom is -0.499 e. The van der Waals surface area contributed by atoms with Crippen LogP contribution in [0.2, 0.25) is 0 Å². The summed E-state index contributed by atoms with van der Waals surface area (Å²) < 4.78 is 6.05. The number of carboxylic acid groups (broad SMARTS) is 1. The van der Waals surface area contributed by atoms with Gasteiger partial charge in [-0.25, -0.2) is 0 Å². The van der Waals surface area contributed by atoms with E-state index in [2.05, 4.69) is 67.3 Å². The van der Waals surface area contributed by atoms with Gasteiger partial charge in [-0.2, -0.15) is 0 Å².